The highest BCUT2D eigenvalue weighted by molar-refractivity contribution is 5.27. The molecule has 0 N–H and O–H groups in total. The Morgan fingerprint density at radius 2 is 0.957 bits per heavy atom. The van der Waals surface area contributed by atoms with Gasteiger partial charge in [-0.3, -0.25) is 0 Å². The molecule has 3 heteroatoms. The molecule has 23 heavy (non-hydrogen) atoms. The fourth-order valence-corrected chi connectivity index (χ4v) is 2.18. The maximum absolute atomic E-state index is 5.63. The monoisotopic (exact) mass is 314 g/mol. The molecule has 0 unspecified atom stereocenters. The molecule has 2 aromatic rings. The Morgan fingerprint density at radius 1 is 0.565 bits per heavy atom. The van der Waals surface area contributed by atoms with Gasteiger partial charge in [-0.25, -0.2) is 0 Å². The van der Waals surface area contributed by atoms with Gasteiger partial charge in [-0.05, 0) is 48.2 Å². The molecule has 0 bridgehead atoms. The molecule has 2 aromatic carbocycles. The van der Waals surface area contributed by atoms with Gasteiger partial charge < -0.3 is 14.2 Å². The van der Waals surface area contributed by atoms with E-state index in [2.05, 4.69) is 38.1 Å². The lowest BCUT2D eigenvalue weighted by molar-refractivity contribution is 0.0764. The van der Waals surface area contributed by atoms with Crippen LogP contribution in [0.4, 0.5) is 0 Å². The number of rotatable bonds is 10. The smallest absolute Gasteiger partial charge is 0.119 e. The Bertz CT molecular complexity index is 495. The quantitative estimate of drug-likeness (QED) is 0.612. The van der Waals surface area contributed by atoms with Crippen LogP contribution >= 0.6 is 0 Å². The van der Waals surface area contributed by atoms with E-state index in [9.17, 15) is 0 Å². The highest BCUT2D eigenvalue weighted by Gasteiger charge is 1.97. The van der Waals surface area contributed by atoms with E-state index in [1.165, 1.54) is 11.1 Å². The van der Waals surface area contributed by atoms with E-state index in [0.29, 0.717) is 26.4 Å². The number of hydrogen-bond donors (Lipinski definition) is 0. The first-order valence-corrected chi connectivity index (χ1v) is 8.33. The summed E-state index contributed by atoms with van der Waals surface area (Å²) >= 11 is 0. The van der Waals surface area contributed by atoms with Crippen LogP contribution in [-0.2, 0) is 17.6 Å². The molecule has 0 saturated heterocycles. The van der Waals surface area contributed by atoms with Crippen LogP contribution in [0.3, 0.4) is 0 Å². The molecule has 0 aromatic heterocycles. The van der Waals surface area contributed by atoms with Crippen molar-refractivity contribution in [2.45, 2.75) is 26.7 Å². The molecule has 0 aliphatic carbocycles. The zero-order valence-electron chi connectivity index (χ0n) is 14.1. The minimum Gasteiger partial charge on any atom is -0.491 e. The topological polar surface area (TPSA) is 27.7 Å². The zero-order valence-corrected chi connectivity index (χ0v) is 14.1. The summed E-state index contributed by atoms with van der Waals surface area (Å²) in [6.45, 7) is 6.52. The maximum Gasteiger partial charge on any atom is 0.119 e. The minimum absolute atomic E-state index is 0.552. The molecule has 0 heterocycles. The fourth-order valence-electron chi connectivity index (χ4n) is 2.18. The van der Waals surface area contributed by atoms with Gasteiger partial charge in [-0.1, -0.05) is 38.1 Å². The van der Waals surface area contributed by atoms with Crippen LogP contribution < -0.4 is 9.47 Å². The van der Waals surface area contributed by atoms with E-state index < -0.39 is 0 Å². The molecule has 124 valence electrons. The van der Waals surface area contributed by atoms with Gasteiger partial charge in [-0.2, -0.15) is 0 Å². The third-order valence-electron chi connectivity index (χ3n) is 3.66. The third-order valence-corrected chi connectivity index (χ3v) is 3.66. The average molecular weight is 314 g/mol. The van der Waals surface area contributed by atoms with E-state index >= 15 is 0 Å². The highest BCUT2D eigenvalue weighted by atomic mass is 16.5. The second-order valence-electron chi connectivity index (χ2n) is 5.30. The Kier molecular flexibility index (Phi) is 7.47. The van der Waals surface area contributed by atoms with Crippen LogP contribution in [-0.4, -0.2) is 26.4 Å². The Morgan fingerprint density at radius 3 is 1.30 bits per heavy atom. The maximum atomic E-state index is 5.63. The van der Waals surface area contributed by atoms with E-state index in [1.807, 2.05) is 24.3 Å². The van der Waals surface area contributed by atoms with Gasteiger partial charge in [0.05, 0.1) is 13.2 Å². The second kappa shape index (κ2) is 9.90. The van der Waals surface area contributed by atoms with Crippen molar-refractivity contribution >= 4 is 0 Å². The highest BCUT2D eigenvalue weighted by Crippen LogP contribution is 2.13. The first kappa shape index (κ1) is 17.4. The normalized spacial score (nSPS) is 10.5. The molecule has 0 radical (unpaired) electrons. The molecular weight excluding hydrogens is 288 g/mol. The molecule has 0 amide bonds. The van der Waals surface area contributed by atoms with Crippen molar-refractivity contribution in [3.05, 3.63) is 59.7 Å². The summed E-state index contributed by atoms with van der Waals surface area (Å²) in [4.78, 5) is 0. The molecule has 0 atom stereocenters. The predicted molar refractivity (Wildman–Crippen MR) is 93.4 cm³/mol. The number of ether oxygens (including phenoxy) is 3. The number of aryl methyl sites for hydroxylation is 2. The standard InChI is InChI=1S/C20H26O3/c1-3-17-5-9-19(10-6-17)22-15-13-21-14-16-23-20-11-7-18(4-2)8-12-20/h5-12H,3-4,13-16H2,1-2H3. The Labute approximate surface area is 139 Å². The van der Waals surface area contributed by atoms with Crippen LogP contribution in [0.1, 0.15) is 25.0 Å². The van der Waals surface area contributed by atoms with E-state index in [1.54, 1.807) is 0 Å². The summed E-state index contributed by atoms with van der Waals surface area (Å²) in [5.41, 5.74) is 2.63. The fraction of sp³-hybridized carbons (Fsp3) is 0.400. The summed E-state index contributed by atoms with van der Waals surface area (Å²) in [5.74, 6) is 1.77. The van der Waals surface area contributed by atoms with Crippen molar-refractivity contribution in [3.63, 3.8) is 0 Å². The first-order chi connectivity index (χ1) is 11.3. The largest absolute Gasteiger partial charge is 0.491 e. The van der Waals surface area contributed by atoms with Gasteiger partial charge in [0.1, 0.15) is 24.7 Å². The van der Waals surface area contributed by atoms with Crippen molar-refractivity contribution in [1.29, 1.82) is 0 Å². The predicted octanol–water partition coefficient (Wildman–Crippen LogP) is 4.29. The Hall–Kier alpha value is -2.00. The van der Waals surface area contributed by atoms with Crippen LogP contribution in [0.2, 0.25) is 0 Å². The summed E-state index contributed by atoms with van der Waals surface area (Å²) in [7, 11) is 0. The van der Waals surface area contributed by atoms with Gasteiger partial charge >= 0.3 is 0 Å². The summed E-state index contributed by atoms with van der Waals surface area (Å²) in [6.07, 6.45) is 2.09. The lowest BCUT2D eigenvalue weighted by atomic mass is 10.2. The lowest BCUT2D eigenvalue weighted by Gasteiger charge is -2.09. The number of hydrogen-bond acceptors (Lipinski definition) is 3. The number of benzene rings is 2. The van der Waals surface area contributed by atoms with Crippen LogP contribution in [0.15, 0.2) is 48.5 Å². The molecule has 0 aliphatic heterocycles. The molecule has 0 spiro atoms. The van der Waals surface area contributed by atoms with Crippen LogP contribution in [0, 0.1) is 0 Å². The molecule has 3 nitrogen and oxygen atoms in total. The third kappa shape index (κ3) is 6.33. The van der Waals surface area contributed by atoms with E-state index in [4.69, 9.17) is 14.2 Å². The van der Waals surface area contributed by atoms with Gasteiger partial charge in [-0.15, -0.1) is 0 Å². The van der Waals surface area contributed by atoms with Gasteiger partial charge in [0.2, 0.25) is 0 Å². The molecule has 0 aliphatic rings. The summed E-state index contributed by atoms with van der Waals surface area (Å²) in [5, 5.41) is 0. The lowest BCUT2D eigenvalue weighted by Crippen LogP contribution is -2.12. The zero-order chi connectivity index (χ0) is 16.3. The summed E-state index contributed by atoms with van der Waals surface area (Å²) < 4.78 is 16.8. The van der Waals surface area contributed by atoms with E-state index in [0.717, 1.165) is 24.3 Å². The second-order valence-corrected chi connectivity index (χ2v) is 5.30. The van der Waals surface area contributed by atoms with Crippen molar-refractivity contribution in [1.82, 2.24) is 0 Å². The van der Waals surface area contributed by atoms with Crippen LogP contribution in [0.5, 0.6) is 11.5 Å². The van der Waals surface area contributed by atoms with Gasteiger partial charge in [0.25, 0.3) is 0 Å². The van der Waals surface area contributed by atoms with Crippen molar-refractivity contribution in [2.24, 2.45) is 0 Å². The van der Waals surface area contributed by atoms with Crippen molar-refractivity contribution in [3.8, 4) is 11.5 Å². The molecular formula is C20H26O3. The molecule has 2 rings (SSSR count). The van der Waals surface area contributed by atoms with Crippen molar-refractivity contribution in [2.75, 3.05) is 26.4 Å². The van der Waals surface area contributed by atoms with E-state index in [-0.39, 0.29) is 0 Å². The Balaban J connectivity index is 1.53. The summed E-state index contributed by atoms with van der Waals surface area (Å²) in [6, 6.07) is 16.4. The van der Waals surface area contributed by atoms with Gasteiger partial charge in [0.15, 0.2) is 0 Å². The SMILES string of the molecule is CCc1ccc(OCCOCCOc2ccc(CC)cc2)cc1. The van der Waals surface area contributed by atoms with Crippen molar-refractivity contribution < 1.29 is 14.2 Å². The molecule has 0 saturated carbocycles. The first-order valence-electron chi connectivity index (χ1n) is 8.33. The molecule has 0 fully saturated rings. The van der Waals surface area contributed by atoms with Crippen LogP contribution in [0.25, 0.3) is 0 Å². The average Bonchev–Trinajstić information content (AvgIpc) is 2.62. The van der Waals surface area contributed by atoms with Gasteiger partial charge in [0, 0.05) is 0 Å². The minimum atomic E-state index is 0.552.